The fraction of sp³-hybridized carbons (Fsp3) is 0.370. The summed E-state index contributed by atoms with van der Waals surface area (Å²) in [6.07, 6.45) is -0.628. The maximum atomic E-state index is 8.88. The third kappa shape index (κ3) is 4.04. The molecule has 0 saturated carbocycles. The minimum Gasteiger partial charge on any atom is -0.201 e. The van der Waals surface area contributed by atoms with Crippen LogP contribution in [0.3, 0.4) is 0 Å². The highest BCUT2D eigenvalue weighted by Gasteiger charge is 2.21. The minimum atomic E-state index is -2.58. The number of nitrogens with zero attached hydrogens (tertiary/aromatic N) is 1. The lowest BCUT2D eigenvalue weighted by molar-refractivity contribution is -0.660. The maximum Gasteiger partial charge on any atom is 0.212 e. The number of hydrogen-bond acceptors (Lipinski definition) is 0. The van der Waals surface area contributed by atoms with E-state index in [1.54, 1.807) is 63.6 Å². The van der Waals surface area contributed by atoms with Gasteiger partial charge in [-0.05, 0) is 78.7 Å². The minimum absolute atomic E-state index is 0.00698. The number of aromatic nitrogens is 1. The molecule has 2 aromatic carbocycles. The van der Waals surface area contributed by atoms with Gasteiger partial charge in [0.05, 0.1) is 0 Å². The van der Waals surface area contributed by atoms with E-state index >= 15 is 0 Å². The van der Waals surface area contributed by atoms with Gasteiger partial charge in [0, 0.05) is 32.3 Å². The molecule has 3 rings (SSSR count). The molecular formula is C27H34N+. The van der Waals surface area contributed by atoms with Crippen LogP contribution in [0.15, 0.2) is 48.7 Å². The van der Waals surface area contributed by atoms with E-state index in [1.807, 2.05) is 0 Å². The Hall–Kier alpha value is -2.41. The third-order valence-corrected chi connectivity index (χ3v) is 4.72. The van der Waals surface area contributed by atoms with Gasteiger partial charge in [-0.2, -0.15) is 0 Å². The smallest absolute Gasteiger partial charge is 0.201 e. The molecule has 3 aromatic rings. The van der Waals surface area contributed by atoms with Crippen molar-refractivity contribution in [2.24, 2.45) is 12.5 Å². The molecule has 0 fully saturated rings. The fourth-order valence-electron chi connectivity index (χ4n) is 3.46. The van der Waals surface area contributed by atoms with Crippen LogP contribution >= 0.6 is 0 Å². The van der Waals surface area contributed by atoms with Gasteiger partial charge in [0.25, 0.3) is 0 Å². The Bertz CT molecular complexity index is 1390. The van der Waals surface area contributed by atoms with Crippen molar-refractivity contribution in [3.8, 4) is 22.4 Å². The molecule has 0 aliphatic rings. The van der Waals surface area contributed by atoms with Gasteiger partial charge in [-0.15, -0.1) is 0 Å². The second-order valence-corrected chi connectivity index (χ2v) is 8.18. The van der Waals surface area contributed by atoms with Gasteiger partial charge in [0.1, 0.15) is 7.05 Å². The van der Waals surface area contributed by atoms with Gasteiger partial charge >= 0.3 is 0 Å². The van der Waals surface area contributed by atoms with Crippen molar-refractivity contribution in [2.45, 2.75) is 54.6 Å². The molecule has 0 bridgehead atoms. The molecule has 0 saturated heterocycles. The van der Waals surface area contributed by atoms with Crippen molar-refractivity contribution in [3.63, 3.8) is 0 Å². The zero-order valence-electron chi connectivity index (χ0n) is 28.1. The van der Waals surface area contributed by atoms with E-state index in [1.165, 1.54) is 24.4 Å². The summed E-state index contributed by atoms with van der Waals surface area (Å²) in [5, 5.41) is 0. The Kier molecular flexibility index (Phi) is 2.80. The van der Waals surface area contributed by atoms with Crippen molar-refractivity contribution < 1.29 is 19.6 Å². The highest BCUT2D eigenvalue weighted by atomic mass is 14.9. The SMILES string of the molecule is [2H]C([2H])([2H])c1ccccc1-c1c(C([2H])([2H])[2H])ccc(-c2cc(C([2H])([2H])C(C)(C)C)c(C([2H])([2H])[2H])c[n+]2C)c1C. The molecule has 0 aliphatic carbocycles. The molecule has 0 unspecified atom stereocenters. The van der Waals surface area contributed by atoms with Gasteiger partial charge in [0.2, 0.25) is 5.69 Å². The quantitative estimate of drug-likeness (QED) is 0.445. The summed E-state index contributed by atoms with van der Waals surface area (Å²) in [7, 11) is 1.65. The Morgan fingerprint density at radius 3 is 2.32 bits per heavy atom. The van der Waals surface area contributed by atoms with E-state index in [9.17, 15) is 0 Å². The Morgan fingerprint density at radius 2 is 1.64 bits per heavy atom. The van der Waals surface area contributed by atoms with Gasteiger partial charge in [-0.1, -0.05) is 51.1 Å². The Morgan fingerprint density at radius 1 is 0.929 bits per heavy atom. The fourth-order valence-corrected chi connectivity index (χ4v) is 3.46. The average molecular weight is 384 g/mol. The summed E-state index contributed by atoms with van der Waals surface area (Å²) in [6, 6.07) is 10.9. The summed E-state index contributed by atoms with van der Waals surface area (Å²) in [5.74, 6) is 0. The molecule has 0 aliphatic heterocycles. The zero-order chi connectivity index (χ0) is 29.9. The Labute approximate surface area is 186 Å². The van der Waals surface area contributed by atoms with Crippen LogP contribution in [0.5, 0.6) is 0 Å². The van der Waals surface area contributed by atoms with Crippen LogP contribution in [0.1, 0.15) is 63.7 Å². The molecule has 0 spiro atoms. The molecule has 28 heavy (non-hydrogen) atoms. The normalized spacial score (nSPS) is 19.4. The van der Waals surface area contributed by atoms with Gasteiger partial charge in [-0.3, -0.25) is 0 Å². The first-order valence-electron chi connectivity index (χ1n) is 14.8. The van der Waals surface area contributed by atoms with Crippen LogP contribution < -0.4 is 4.57 Å². The van der Waals surface area contributed by atoms with Crippen LogP contribution in [0.4, 0.5) is 0 Å². The highest BCUT2D eigenvalue weighted by molar-refractivity contribution is 5.80. The molecule has 1 nitrogen and oxygen atoms in total. The predicted molar refractivity (Wildman–Crippen MR) is 121 cm³/mol. The largest absolute Gasteiger partial charge is 0.212 e. The topological polar surface area (TPSA) is 3.88 Å². The van der Waals surface area contributed by atoms with Crippen LogP contribution in [0, 0.1) is 32.9 Å². The summed E-state index contributed by atoms with van der Waals surface area (Å²) < 4.78 is 92.2. The van der Waals surface area contributed by atoms with E-state index in [0.717, 1.165) is 0 Å². The standard InChI is InChI=1S/C27H34N/c1-18-11-9-10-12-23(18)26-19(2)13-14-24(21(26)4)25-15-22(16-27(5,6)7)20(3)17-28(25)8/h9-15,17H,16H2,1-8H3/q+1/i1D3,2D3,3D3,16D2. The molecule has 0 radical (unpaired) electrons. The summed E-state index contributed by atoms with van der Waals surface area (Å²) >= 11 is 0. The number of aryl methyl sites for hydroxylation is 4. The van der Waals surface area contributed by atoms with Crippen molar-refractivity contribution in [1.82, 2.24) is 0 Å². The van der Waals surface area contributed by atoms with Crippen molar-refractivity contribution in [3.05, 3.63) is 76.5 Å². The van der Waals surface area contributed by atoms with Crippen molar-refractivity contribution in [2.75, 3.05) is 0 Å². The summed E-state index contributed by atoms with van der Waals surface area (Å²) in [4.78, 5) is 0. The summed E-state index contributed by atoms with van der Waals surface area (Å²) in [6.45, 7) is -0.814. The monoisotopic (exact) mass is 383 g/mol. The molecule has 0 atom stereocenters. The summed E-state index contributed by atoms with van der Waals surface area (Å²) in [5.41, 5.74) is 1.00. The van der Waals surface area contributed by atoms with E-state index in [2.05, 4.69) is 0 Å². The first-order valence-corrected chi connectivity index (χ1v) is 9.28. The average Bonchev–Trinajstić information content (AvgIpc) is 2.76. The lowest BCUT2D eigenvalue weighted by Crippen LogP contribution is -2.32. The molecule has 1 heterocycles. The molecule has 146 valence electrons. The lowest BCUT2D eigenvalue weighted by atomic mass is 9.85. The van der Waals surface area contributed by atoms with Crippen LogP contribution in [-0.2, 0) is 13.4 Å². The number of hydrogen-bond donors (Lipinski definition) is 0. The van der Waals surface area contributed by atoms with E-state index < -0.39 is 32.3 Å². The number of benzene rings is 2. The maximum absolute atomic E-state index is 8.88. The highest BCUT2D eigenvalue weighted by Crippen LogP contribution is 2.35. The Balaban J connectivity index is 2.48. The molecule has 0 N–H and O–H groups in total. The molecule has 1 aromatic heterocycles. The molecule has 1 heteroatoms. The molecular weight excluding hydrogens is 338 g/mol. The van der Waals surface area contributed by atoms with E-state index in [4.69, 9.17) is 15.1 Å². The lowest BCUT2D eigenvalue weighted by Gasteiger charge is -2.20. The second kappa shape index (κ2) is 7.54. The van der Waals surface area contributed by atoms with Crippen LogP contribution in [0.25, 0.3) is 22.4 Å². The van der Waals surface area contributed by atoms with Crippen molar-refractivity contribution in [1.29, 1.82) is 0 Å². The predicted octanol–water partition coefficient (Wildman–Crippen LogP) is 6.67. The van der Waals surface area contributed by atoms with Crippen LogP contribution in [0.2, 0.25) is 0 Å². The van der Waals surface area contributed by atoms with Gasteiger partial charge in [0.15, 0.2) is 6.20 Å². The zero-order valence-corrected chi connectivity index (χ0v) is 17.1. The molecule has 0 amide bonds. The third-order valence-electron chi connectivity index (χ3n) is 4.72. The first-order chi connectivity index (χ1) is 17.5. The van der Waals surface area contributed by atoms with Crippen LogP contribution in [-0.4, -0.2) is 0 Å². The number of rotatable bonds is 3. The first kappa shape index (κ1) is 10.4. The van der Waals surface area contributed by atoms with Gasteiger partial charge in [-0.25, -0.2) is 4.57 Å². The number of pyridine rings is 1. The van der Waals surface area contributed by atoms with Crippen molar-refractivity contribution >= 4 is 0 Å². The van der Waals surface area contributed by atoms with E-state index in [0.29, 0.717) is 16.8 Å². The van der Waals surface area contributed by atoms with Gasteiger partial charge < -0.3 is 0 Å². The second-order valence-electron chi connectivity index (χ2n) is 8.18. The van der Waals surface area contributed by atoms with E-state index in [-0.39, 0.29) is 33.4 Å².